The molecule has 0 spiro atoms. The zero-order valence-electron chi connectivity index (χ0n) is 8.38. The first-order valence-corrected chi connectivity index (χ1v) is 4.70. The average molecular weight is 205 g/mol. The van der Waals surface area contributed by atoms with E-state index in [2.05, 4.69) is 17.1 Å². The molecule has 0 radical (unpaired) electrons. The van der Waals surface area contributed by atoms with E-state index in [1.165, 1.54) is 0 Å². The lowest BCUT2D eigenvalue weighted by atomic mass is 9.96. The van der Waals surface area contributed by atoms with E-state index in [1.807, 2.05) is 0 Å². The van der Waals surface area contributed by atoms with Crippen LogP contribution >= 0.6 is 0 Å². The quantitative estimate of drug-likeness (QED) is 0.718. The summed E-state index contributed by atoms with van der Waals surface area (Å²) in [5.41, 5.74) is 2.52. The summed E-state index contributed by atoms with van der Waals surface area (Å²) < 4.78 is 0. The molecule has 0 amide bonds. The molecule has 0 fully saturated rings. The van der Waals surface area contributed by atoms with Crippen molar-refractivity contribution < 1.29 is 0 Å². The minimum absolute atomic E-state index is 0.505. The highest BCUT2D eigenvalue weighted by Crippen LogP contribution is 2.26. The molecule has 0 aliphatic rings. The fraction of sp³-hybridized carbons (Fsp3) is 0. The number of hydrogen-bond acceptors (Lipinski definition) is 3. The van der Waals surface area contributed by atoms with Crippen LogP contribution in [0.3, 0.4) is 0 Å². The third-order valence-electron chi connectivity index (χ3n) is 2.27. The van der Waals surface area contributed by atoms with E-state index >= 15 is 0 Å². The monoisotopic (exact) mass is 205 g/mol. The molecule has 2 aromatic rings. The Morgan fingerprint density at radius 1 is 0.875 bits per heavy atom. The molecule has 0 saturated carbocycles. The van der Waals surface area contributed by atoms with Crippen LogP contribution in [0.25, 0.3) is 11.1 Å². The van der Waals surface area contributed by atoms with Gasteiger partial charge in [-0.1, -0.05) is 6.07 Å². The first kappa shape index (κ1) is 9.89. The number of aromatic nitrogens is 1. The third kappa shape index (κ3) is 1.63. The van der Waals surface area contributed by atoms with Gasteiger partial charge in [0, 0.05) is 18.0 Å². The highest BCUT2D eigenvalue weighted by molar-refractivity contribution is 5.76. The zero-order chi connectivity index (χ0) is 11.4. The summed E-state index contributed by atoms with van der Waals surface area (Å²) in [5, 5.41) is 18.0. The highest BCUT2D eigenvalue weighted by Gasteiger charge is 2.09. The fourth-order valence-corrected chi connectivity index (χ4v) is 1.57. The number of pyridine rings is 1. The maximum absolute atomic E-state index is 9.02. The molecule has 1 aromatic carbocycles. The van der Waals surface area contributed by atoms with Crippen LogP contribution in [0.2, 0.25) is 0 Å². The lowest BCUT2D eigenvalue weighted by molar-refractivity contribution is 1.32. The smallest absolute Gasteiger partial charge is 0.0998 e. The van der Waals surface area contributed by atoms with Crippen LogP contribution in [0.1, 0.15) is 11.1 Å². The van der Waals surface area contributed by atoms with E-state index in [0.717, 1.165) is 5.56 Å². The molecule has 0 unspecified atom stereocenters. The van der Waals surface area contributed by atoms with Crippen molar-refractivity contribution in [2.24, 2.45) is 0 Å². The Morgan fingerprint density at radius 3 is 1.94 bits per heavy atom. The molecular formula is C13H7N3. The normalized spacial score (nSPS) is 9.12. The average Bonchev–Trinajstić information content (AvgIpc) is 2.38. The van der Waals surface area contributed by atoms with Crippen molar-refractivity contribution in [3.63, 3.8) is 0 Å². The van der Waals surface area contributed by atoms with Crippen LogP contribution in [0.15, 0.2) is 42.7 Å². The minimum atomic E-state index is 0.505. The zero-order valence-corrected chi connectivity index (χ0v) is 8.38. The molecule has 3 heteroatoms. The highest BCUT2D eigenvalue weighted by atomic mass is 14.6. The van der Waals surface area contributed by atoms with Crippen molar-refractivity contribution >= 4 is 0 Å². The molecule has 2 rings (SSSR count). The van der Waals surface area contributed by atoms with E-state index in [4.69, 9.17) is 10.5 Å². The van der Waals surface area contributed by atoms with Crippen molar-refractivity contribution in [1.29, 1.82) is 10.5 Å². The summed E-state index contributed by atoms with van der Waals surface area (Å²) in [6.07, 6.45) is 3.29. The van der Waals surface area contributed by atoms with Gasteiger partial charge in [0.15, 0.2) is 0 Å². The second-order valence-corrected chi connectivity index (χ2v) is 3.19. The Morgan fingerprint density at radius 2 is 1.44 bits per heavy atom. The van der Waals surface area contributed by atoms with Gasteiger partial charge in [0.25, 0.3) is 0 Å². The van der Waals surface area contributed by atoms with Crippen LogP contribution in [0, 0.1) is 22.7 Å². The Bertz CT molecular complexity index is 557. The van der Waals surface area contributed by atoms with Gasteiger partial charge in [0.1, 0.15) is 0 Å². The Kier molecular flexibility index (Phi) is 2.63. The molecule has 0 atom stereocenters. The molecule has 0 saturated heterocycles. The van der Waals surface area contributed by atoms with Gasteiger partial charge < -0.3 is 0 Å². The molecule has 0 aliphatic carbocycles. The fourth-order valence-electron chi connectivity index (χ4n) is 1.57. The topological polar surface area (TPSA) is 60.5 Å². The standard InChI is InChI=1S/C13H7N3/c14-8-11-2-1-3-12(9-15)13(11)10-4-6-16-7-5-10/h1-7H. The van der Waals surface area contributed by atoms with Crippen molar-refractivity contribution in [2.45, 2.75) is 0 Å². The van der Waals surface area contributed by atoms with E-state index in [-0.39, 0.29) is 0 Å². The van der Waals surface area contributed by atoms with Crippen molar-refractivity contribution in [2.75, 3.05) is 0 Å². The number of rotatable bonds is 1. The van der Waals surface area contributed by atoms with Crippen LogP contribution in [0.4, 0.5) is 0 Å². The van der Waals surface area contributed by atoms with Crippen LogP contribution < -0.4 is 0 Å². The number of nitrogens with zero attached hydrogens (tertiary/aromatic N) is 3. The lowest BCUT2D eigenvalue weighted by Gasteiger charge is -2.05. The lowest BCUT2D eigenvalue weighted by Crippen LogP contribution is -1.89. The molecular weight excluding hydrogens is 198 g/mol. The number of benzene rings is 1. The van der Waals surface area contributed by atoms with Gasteiger partial charge in [0.05, 0.1) is 23.3 Å². The maximum atomic E-state index is 9.02. The second-order valence-electron chi connectivity index (χ2n) is 3.19. The summed E-state index contributed by atoms with van der Waals surface area (Å²) in [7, 11) is 0. The Balaban J connectivity index is 2.74. The first-order valence-electron chi connectivity index (χ1n) is 4.70. The van der Waals surface area contributed by atoms with E-state index in [0.29, 0.717) is 16.7 Å². The Hall–Kier alpha value is -2.65. The van der Waals surface area contributed by atoms with Crippen LogP contribution in [-0.2, 0) is 0 Å². The summed E-state index contributed by atoms with van der Waals surface area (Å²) in [5.74, 6) is 0. The molecule has 1 aromatic heterocycles. The van der Waals surface area contributed by atoms with Crippen molar-refractivity contribution in [1.82, 2.24) is 4.98 Å². The summed E-state index contributed by atoms with van der Waals surface area (Å²) in [6.45, 7) is 0. The molecule has 0 bridgehead atoms. The van der Waals surface area contributed by atoms with Crippen LogP contribution in [-0.4, -0.2) is 4.98 Å². The van der Waals surface area contributed by atoms with E-state index in [9.17, 15) is 0 Å². The third-order valence-corrected chi connectivity index (χ3v) is 2.27. The number of hydrogen-bond donors (Lipinski definition) is 0. The van der Waals surface area contributed by atoms with Gasteiger partial charge in [-0.3, -0.25) is 4.98 Å². The van der Waals surface area contributed by atoms with Gasteiger partial charge in [-0.05, 0) is 29.8 Å². The van der Waals surface area contributed by atoms with E-state index < -0.39 is 0 Å². The van der Waals surface area contributed by atoms with Crippen molar-refractivity contribution in [3.05, 3.63) is 53.9 Å². The molecule has 0 N–H and O–H groups in total. The first-order chi connectivity index (χ1) is 7.86. The molecule has 3 nitrogen and oxygen atoms in total. The van der Waals surface area contributed by atoms with Gasteiger partial charge in [0.2, 0.25) is 0 Å². The molecule has 1 heterocycles. The molecule has 74 valence electrons. The predicted octanol–water partition coefficient (Wildman–Crippen LogP) is 2.49. The predicted molar refractivity (Wildman–Crippen MR) is 59.1 cm³/mol. The molecule has 0 aliphatic heterocycles. The van der Waals surface area contributed by atoms with E-state index in [1.54, 1.807) is 42.7 Å². The summed E-state index contributed by atoms with van der Waals surface area (Å²) in [6, 6.07) is 12.9. The van der Waals surface area contributed by atoms with Gasteiger partial charge in [-0.2, -0.15) is 10.5 Å². The summed E-state index contributed by atoms with van der Waals surface area (Å²) in [4.78, 5) is 3.92. The van der Waals surface area contributed by atoms with Gasteiger partial charge in [-0.15, -0.1) is 0 Å². The van der Waals surface area contributed by atoms with Crippen LogP contribution in [0.5, 0.6) is 0 Å². The Labute approximate surface area is 93.2 Å². The summed E-state index contributed by atoms with van der Waals surface area (Å²) >= 11 is 0. The van der Waals surface area contributed by atoms with Gasteiger partial charge >= 0.3 is 0 Å². The number of nitriles is 2. The van der Waals surface area contributed by atoms with Gasteiger partial charge in [-0.25, -0.2) is 0 Å². The minimum Gasteiger partial charge on any atom is -0.265 e. The van der Waals surface area contributed by atoms with Crippen molar-refractivity contribution in [3.8, 4) is 23.3 Å². The molecule has 16 heavy (non-hydrogen) atoms. The maximum Gasteiger partial charge on any atom is 0.0998 e. The largest absolute Gasteiger partial charge is 0.265 e. The SMILES string of the molecule is N#Cc1cccc(C#N)c1-c1ccncc1. The second kappa shape index (κ2) is 4.25.